The van der Waals surface area contributed by atoms with Crippen molar-refractivity contribution in [1.29, 1.82) is 0 Å². The number of thioether (sulfide) groups is 1. The molecule has 0 atom stereocenters. The van der Waals surface area contributed by atoms with Crippen LogP contribution >= 0.6 is 27.7 Å². The van der Waals surface area contributed by atoms with E-state index in [1.807, 2.05) is 12.4 Å². The van der Waals surface area contributed by atoms with Crippen LogP contribution in [0.5, 0.6) is 0 Å². The Morgan fingerprint density at radius 3 is 2.80 bits per heavy atom. The van der Waals surface area contributed by atoms with Crippen molar-refractivity contribution in [1.82, 2.24) is 4.98 Å². The highest BCUT2D eigenvalue weighted by Gasteiger charge is 2.13. The molecular weight excluding hydrogens is 270 g/mol. The molecule has 0 bridgehead atoms. The zero-order valence-corrected chi connectivity index (χ0v) is 11.2. The highest BCUT2D eigenvalue weighted by atomic mass is 79.9. The average Bonchev–Trinajstić information content (AvgIpc) is 2.28. The normalized spacial score (nSPS) is 17.9. The van der Waals surface area contributed by atoms with Gasteiger partial charge in [0.05, 0.1) is 0 Å². The van der Waals surface area contributed by atoms with Crippen LogP contribution in [0.1, 0.15) is 37.7 Å². The van der Waals surface area contributed by atoms with Gasteiger partial charge in [0.1, 0.15) is 0 Å². The molecule has 2 rings (SSSR count). The molecule has 0 aliphatic heterocycles. The van der Waals surface area contributed by atoms with Gasteiger partial charge >= 0.3 is 0 Å². The van der Waals surface area contributed by atoms with Crippen LogP contribution in [0.15, 0.2) is 22.9 Å². The van der Waals surface area contributed by atoms with Gasteiger partial charge in [-0.2, -0.15) is 11.8 Å². The topological polar surface area (TPSA) is 12.9 Å². The summed E-state index contributed by atoms with van der Waals surface area (Å²) in [7, 11) is 0. The van der Waals surface area contributed by atoms with E-state index in [0.29, 0.717) is 0 Å². The first-order chi connectivity index (χ1) is 7.34. The lowest BCUT2D eigenvalue weighted by Gasteiger charge is -2.20. The molecule has 1 aliphatic rings. The van der Waals surface area contributed by atoms with Gasteiger partial charge in [0.25, 0.3) is 0 Å². The minimum Gasteiger partial charge on any atom is -0.263 e. The Morgan fingerprint density at radius 2 is 2.07 bits per heavy atom. The molecule has 3 heteroatoms. The number of pyridine rings is 1. The van der Waals surface area contributed by atoms with Crippen LogP contribution < -0.4 is 0 Å². The molecule has 0 aromatic carbocycles. The van der Waals surface area contributed by atoms with E-state index in [0.717, 1.165) is 15.5 Å². The zero-order valence-electron chi connectivity index (χ0n) is 8.79. The molecule has 15 heavy (non-hydrogen) atoms. The van der Waals surface area contributed by atoms with Gasteiger partial charge in [-0.3, -0.25) is 4.98 Å². The Bertz CT molecular complexity index is 310. The maximum absolute atomic E-state index is 4.19. The van der Waals surface area contributed by atoms with Crippen LogP contribution in [0.4, 0.5) is 0 Å². The van der Waals surface area contributed by atoms with Crippen molar-refractivity contribution in [2.75, 3.05) is 0 Å². The van der Waals surface area contributed by atoms with Crippen LogP contribution in [0.25, 0.3) is 0 Å². The molecule has 1 aliphatic carbocycles. The Hall–Kier alpha value is -0.0200. The molecule has 0 spiro atoms. The fourth-order valence-corrected chi connectivity index (χ4v) is 3.65. The lowest BCUT2D eigenvalue weighted by atomic mass is 10.0. The molecule has 0 N–H and O–H groups in total. The summed E-state index contributed by atoms with van der Waals surface area (Å²) in [6.45, 7) is 0. The van der Waals surface area contributed by atoms with E-state index < -0.39 is 0 Å². The highest BCUT2D eigenvalue weighted by molar-refractivity contribution is 9.10. The number of hydrogen-bond donors (Lipinski definition) is 0. The molecule has 1 aromatic heterocycles. The number of hydrogen-bond acceptors (Lipinski definition) is 2. The summed E-state index contributed by atoms with van der Waals surface area (Å²) >= 11 is 5.55. The molecule has 0 radical (unpaired) electrons. The van der Waals surface area contributed by atoms with Gasteiger partial charge in [-0.1, -0.05) is 19.3 Å². The summed E-state index contributed by atoms with van der Waals surface area (Å²) < 4.78 is 1.09. The Kier molecular flexibility index (Phi) is 4.51. The van der Waals surface area contributed by atoms with E-state index in [2.05, 4.69) is 38.7 Å². The number of halogens is 1. The third-order valence-electron chi connectivity index (χ3n) is 2.80. The van der Waals surface area contributed by atoms with E-state index in [1.54, 1.807) is 0 Å². The van der Waals surface area contributed by atoms with E-state index in [9.17, 15) is 0 Å². The molecule has 1 heterocycles. The lowest BCUT2D eigenvalue weighted by molar-refractivity contribution is 0.516. The first-order valence-electron chi connectivity index (χ1n) is 5.55. The fourth-order valence-electron chi connectivity index (χ4n) is 1.98. The first kappa shape index (κ1) is 11.5. The average molecular weight is 286 g/mol. The summed E-state index contributed by atoms with van der Waals surface area (Å²) in [4.78, 5) is 4.19. The molecule has 0 amide bonds. The van der Waals surface area contributed by atoms with Crippen molar-refractivity contribution < 1.29 is 0 Å². The quantitative estimate of drug-likeness (QED) is 0.816. The lowest BCUT2D eigenvalue weighted by Crippen LogP contribution is -2.08. The molecule has 82 valence electrons. The molecule has 1 nitrogen and oxygen atoms in total. The SMILES string of the molecule is Brc1cncc(CSC2CCCCC2)c1. The maximum Gasteiger partial charge on any atom is 0.0410 e. The van der Waals surface area contributed by atoms with Crippen molar-refractivity contribution in [2.24, 2.45) is 0 Å². The number of rotatable bonds is 3. The number of nitrogens with zero attached hydrogens (tertiary/aromatic N) is 1. The van der Waals surface area contributed by atoms with Crippen LogP contribution in [0.3, 0.4) is 0 Å². The van der Waals surface area contributed by atoms with Crippen LogP contribution in [0, 0.1) is 0 Å². The minimum atomic E-state index is 0.887. The van der Waals surface area contributed by atoms with Crippen LogP contribution in [-0.2, 0) is 5.75 Å². The second-order valence-corrected chi connectivity index (χ2v) is 6.29. The van der Waals surface area contributed by atoms with Gasteiger partial charge in [-0.25, -0.2) is 0 Å². The van der Waals surface area contributed by atoms with E-state index >= 15 is 0 Å². The second kappa shape index (κ2) is 5.90. The van der Waals surface area contributed by atoms with E-state index in [-0.39, 0.29) is 0 Å². The van der Waals surface area contributed by atoms with Crippen molar-refractivity contribution >= 4 is 27.7 Å². The summed E-state index contributed by atoms with van der Waals surface area (Å²) in [6, 6.07) is 2.17. The van der Waals surface area contributed by atoms with Crippen molar-refractivity contribution in [3.8, 4) is 0 Å². The van der Waals surface area contributed by atoms with Gasteiger partial charge in [0.2, 0.25) is 0 Å². The van der Waals surface area contributed by atoms with Crippen molar-refractivity contribution in [3.05, 3.63) is 28.5 Å². The first-order valence-corrected chi connectivity index (χ1v) is 7.40. The van der Waals surface area contributed by atoms with Crippen LogP contribution in [-0.4, -0.2) is 10.2 Å². The standard InChI is InChI=1S/C12H16BrNS/c13-11-6-10(7-14-8-11)9-15-12-4-2-1-3-5-12/h6-8,12H,1-5,9H2. The van der Waals surface area contributed by atoms with E-state index in [4.69, 9.17) is 0 Å². The summed E-state index contributed by atoms with van der Waals surface area (Å²) in [6.07, 6.45) is 10.9. The molecular formula is C12H16BrNS. The van der Waals surface area contributed by atoms with E-state index in [1.165, 1.54) is 37.7 Å². The monoisotopic (exact) mass is 285 g/mol. The largest absolute Gasteiger partial charge is 0.263 e. The third-order valence-corrected chi connectivity index (χ3v) is 4.68. The maximum atomic E-state index is 4.19. The second-order valence-electron chi connectivity index (χ2n) is 4.08. The van der Waals surface area contributed by atoms with Gasteiger partial charge < -0.3 is 0 Å². The summed E-state index contributed by atoms with van der Waals surface area (Å²) in [5, 5.41) is 0.887. The van der Waals surface area contributed by atoms with Gasteiger partial charge in [-0.15, -0.1) is 0 Å². The Morgan fingerprint density at radius 1 is 1.27 bits per heavy atom. The van der Waals surface area contributed by atoms with Gasteiger partial charge in [0, 0.05) is 27.9 Å². The Balaban J connectivity index is 1.81. The summed E-state index contributed by atoms with van der Waals surface area (Å²) in [5.74, 6) is 1.11. The minimum absolute atomic E-state index is 0.887. The van der Waals surface area contributed by atoms with Crippen molar-refractivity contribution in [2.45, 2.75) is 43.1 Å². The molecule has 1 saturated carbocycles. The van der Waals surface area contributed by atoms with Gasteiger partial charge in [-0.05, 0) is 40.4 Å². The van der Waals surface area contributed by atoms with Gasteiger partial charge in [0.15, 0.2) is 0 Å². The van der Waals surface area contributed by atoms with Crippen LogP contribution in [0.2, 0.25) is 0 Å². The summed E-state index contributed by atoms with van der Waals surface area (Å²) in [5.41, 5.74) is 1.33. The molecule has 1 fully saturated rings. The highest BCUT2D eigenvalue weighted by Crippen LogP contribution is 2.30. The van der Waals surface area contributed by atoms with Crippen molar-refractivity contribution in [3.63, 3.8) is 0 Å². The number of aromatic nitrogens is 1. The fraction of sp³-hybridized carbons (Fsp3) is 0.583. The molecule has 0 unspecified atom stereocenters. The molecule has 1 aromatic rings. The predicted octanol–water partition coefficient (Wildman–Crippen LogP) is 4.41. The predicted molar refractivity (Wildman–Crippen MR) is 70.1 cm³/mol. The third kappa shape index (κ3) is 3.80. The zero-order chi connectivity index (χ0) is 10.5. The molecule has 0 saturated heterocycles. The Labute approximate surface area is 104 Å². The smallest absolute Gasteiger partial charge is 0.0410 e.